The van der Waals surface area contributed by atoms with Gasteiger partial charge in [-0.25, -0.2) is 23.1 Å². The molecule has 0 saturated heterocycles. The fraction of sp³-hybridized carbons (Fsp3) is 0.0667. The van der Waals surface area contributed by atoms with E-state index < -0.39 is 10.0 Å². The average Bonchev–Trinajstić information content (AvgIpc) is 3.10. The van der Waals surface area contributed by atoms with Gasteiger partial charge in [-0.2, -0.15) is 0 Å². The van der Waals surface area contributed by atoms with Gasteiger partial charge in [0.25, 0.3) is 10.0 Å². The highest BCUT2D eigenvalue weighted by Crippen LogP contribution is 2.22. The van der Waals surface area contributed by atoms with Crippen molar-refractivity contribution in [3.8, 4) is 17.1 Å². The minimum Gasteiger partial charge on any atom is -0.494 e. The molecule has 8 heteroatoms. The second-order valence-electron chi connectivity index (χ2n) is 4.55. The van der Waals surface area contributed by atoms with E-state index in [1.54, 1.807) is 30.5 Å². The van der Waals surface area contributed by atoms with E-state index in [1.165, 1.54) is 31.6 Å². The highest BCUT2D eigenvalue weighted by atomic mass is 32.2. The Labute approximate surface area is 133 Å². The number of benzene rings is 1. The van der Waals surface area contributed by atoms with Crippen molar-refractivity contribution in [1.29, 1.82) is 0 Å². The molecular formula is C15H13N3O4S. The Bertz CT molecular complexity index is 873. The second kappa shape index (κ2) is 6.09. The van der Waals surface area contributed by atoms with Crippen molar-refractivity contribution in [2.45, 2.75) is 4.90 Å². The first-order valence-corrected chi connectivity index (χ1v) is 8.09. The van der Waals surface area contributed by atoms with Crippen LogP contribution in [0.5, 0.6) is 5.75 Å². The molecule has 0 fully saturated rings. The molecule has 0 saturated carbocycles. The summed E-state index contributed by atoms with van der Waals surface area (Å²) in [5.74, 6) is 1.08. The minimum atomic E-state index is -3.76. The van der Waals surface area contributed by atoms with Crippen molar-refractivity contribution in [2.75, 3.05) is 11.8 Å². The molecule has 0 atom stereocenters. The summed E-state index contributed by atoms with van der Waals surface area (Å²) in [6.07, 6.45) is 4.32. The minimum absolute atomic E-state index is 0.0269. The van der Waals surface area contributed by atoms with Gasteiger partial charge in [0.15, 0.2) is 5.75 Å². The first-order valence-electron chi connectivity index (χ1n) is 6.61. The number of rotatable bonds is 5. The zero-order valence-corrected chi connectivity index (χ0v) is 12.9. The molecule has 7 nitrogen and oxygen atoms in total. The predicted molar refractivity (Wildman–Crippen MR) is 83.5 cm³/mol. The topological polar surface area (TPSA) is 94.3 Å². The van der Waals surface area contributed by atoms with Crippen LogP contribution < -0.4 is 9.46 Å². The number of hydrogen-bond acceptors (Lipinski definition) is 6. The summed E-state index contributed by atoms with van der Waals surface area (Å²) in [4.78, 5) is 7.86. The third kappa shape index (κ3) is 3.32. The molecule has 0 aliphatic rings. The number of methoxy groups -OCH3 is 1. The van der Waals surface area contributed by atoms with Crippen LogP contribution in [0.2, 0.25) is 0 Å². The summed E-state index contributed by atoms with van der Waals surface area (Å²) in [5.41, 5.74) is 0.787. The molecule has 0 bridgehead atoms. The van der Waals surface area contributed by atoms with Gasteiger partial charge in [-0.05, 0) is 36.4 Å². The maximum Gasteiger partial charge on any atom is 0.264 e. The molecule has 118 valence electrons. The molecular weight excluding hydrogens is 318 g/mol. The number of furan rings is 1. The fourth-order valence-electron chi connectivity index (χ4n) is 1.89. The first kappa shape index (κ1) is 15.0. The van der Waals surface area contributed by atoms with Crippen LogP contribution in [0.3, 0.4) is 0 Å². The van der Waals surface area contributed by atoms with Crippen LogP contribution in [0.15, 0.2) is 64.4 Å². The zero-order valence-electron chi connectivity index (χ0n) is 12.1. The lowest BCUT2D eigenvalue weighted by molar-refractivity contribution is 0.411. The van der Waals surface area contributed by atoms with E-state index in [0.29, 0.717) is 11.5 Å². The molecule has 3 rings (SSSR count). The highest BCUT2D eigenvalue weighted by molar-refractivity contribution is 7.92. The Kier molecular flexibility index (Phi) is 3.98. The number of hydrogen-bond donors (Lipinski definition) is 1. The Morgan fingerprint density at radius 1 is 1.09 bits per heavy atom. The van der Waals surface area contributed by atoms with Crippen LogP contribution in [0.4, 0.5) is 5.95 Å². The smallest absolute Gasteiger partial charge is 0.264 e. The molecule has 2 heterocycles. The SMILES string of the molecule is COc1cnc(NS(=O)(=O)c2ccc(-c3ccco3)cc2)nc1. The fourth-order valence-corrected chi connectivity index (χ4v) is 2.85. The molecule has 0 radical (unpaired) electrons. The highest BCUT2D eigenvalue weighted by Gasteiger charge is 2.16. The average molecular weight is 331 g/mol. The summed E-state index contributed by atoms with van der Waals surface area (Å²) in [5, 5.41) is 0. The molecule has 0 aliphatic heterocycles. The van der Waals surface area contributed by atoms with Crippen molar-refractivity contribution in [3.63, 3.8) is 0 Å². The molecule has 1 aromatic carbocycles. The van der Waals surface area contributed by atoms with Crippen molar-refractivity contribution in [2.24, 2.45) is 0 Å². The van der Waals surface area contributed by atoms with Gasteiger partial charge in [-0.1, -0.05) is 0 Å². The van der Waals surface area contributed by atoms with Crippen molar-refractivity contribution < 1.29 is 17.6 Å². The molecule has 1 N–H and O–H groups in total. The summed E-state index contributed by atoms with van der Waals surface area (Å²) in [6, 6.07) is 9.88. The van der Waals surface area contributed by atoms with Crippen LogP contribution in [-0.2, 0) is 10.0 Å². The Balaban J connectivity index is 1.81. The Morgan fingerprint density at radius 3 is 2.35 bits per heavy atom. The van der Waals surface area contributed by atoms with Gasteiger partial charge >= 0.3 is 0 Å². The van der Waals surface area contributed by atoms with Crippen LogP contribution in [0.1, 0.15) is 0 Å². The maximum atomic E-state index is 12.3. The summed E-state index contributed by atoms with van der Waals surface area (Å²) >= 11 is 0. The number of anilines is 1. The molecule has 0 spiro atoms. The molecule has 0 unspecified atom stereocenters. The van der Waals surface area contributed by atoms with Crippen LogP contribution in [-0.4, -0.2) is 25.5 Å². The van der Waals surface area contributed by atoms with E-state index in [-0.39, 0.29) is 10.8 Å². The molecule has 0 aliphatic carbocycles. The standard InChI is InChI=1S/C15H13N3O4S/c1-21-12-9-16-15(17-10-12)18-23(19,20)13-6-4-11(5-7-13)14-3-2-8-22-14/h2-10H,1H3,(H,16,17,18). The van der Waals surface area contributed by atoms with Crippen molar-refractivity contribution >= 4 is 16.0 Å². The van der Waals surface area contributed by atoms with E-state index >= 15 is 0 Å². The van der Waals surface area contributed by atoms with Gasteiger partial charge in [0.2, 0.25) is 5.95 Å². The van der Waals surface area contributed by atoms with Crippen molar-refractivity contribution in [3.05, 3.63) is 55.1 Å². The first-order chi connectivity index (χ1) is 11.1. The van der Waals surface area contributed by atoms with Gasteiger partial charge < -0.3 is 9.15 Å². The molecule has 0 amide bonds. The van der Waals surface area contributed by atoms with Crippen LogP contribution >= 0.6 is 0 Å². The summed E-state index contributed by atoms with van der Waals surface area (Å²) < 4.78 is 37.1. The molecule has 3 aromatic rings. The third-order valence-electron chi connectivity index (χ3n) is 3.06. The van der Waals surface area contributed by atoms with E-state index in [9.17, 15) is 8.42 Å². The quantitative estimate of drug-likeness (QED) is 0.772. The van der Waals surface area contributed by atoms with E-state index in [1.807, 2.05) is 0 Å². The predicted octanol–water partition coefficient (Wildman–Crippen LogP) is 2.55. The number of aromatic nitrogens is 2. The van der Waals surface area contributed by atoms with Gasteiger partial charge in [0.05, 0.1) is 30.7 Å². The van der Waals surface area contributed by atoms with Gasteiger partial charge in [-0.3, -0.25) is 0 Å². The van der Waals surface area contributed by atoms with Crippen molar-refractivity contribution in [1.82, 2.24) is 9.97 Å². The van der Waals surface area contributed by atoms with Gasteiger partial charge in [0, 0.05) is 5.56 Å². The molecule has 2 aromatic heterocycles. The Morgan fingerprint density at radius 2 is 1.78 bits per heavy atom. The molecule has 23 heavy (non-hydrogen) atoms. The largest absolute Gasteiger partial charge is 0.494 e. The number of nitrogens with one attached hydrogen (secondary N) is 1. The lowest BCUT2D eigenvalue weighted by Crippen LogP contribution is -2.14. The summed E-state index contributed by atoms with van der Waals surface area (Å²) in [6.45, 7) is 0. The van der Waals surface area contributed by atoms with E-state index in [4.69, 9.17) is 9.15 Å². The van der Waals surface area contributed by atoms with E-state index in [0.717, 1.165) is 5.56 Å². The maximum absolute atomic E-state index is 12.3. The number of nitrogens with zero attached hydrogens (tertiary/aromatic N) is 2. The zero-order chi connectivity index (χ0) is 16.3. The van der Waals surface area contributed by atoms with Gasteiger partial charge in [0.1, 0.15) is 5.76 Å². The normalized spacial score (nSPS) is 11.2. The number of sulfonamides is 1. The van der Waals surface area contributed by atoms with Gasteiger partial charge in [-0.15, -0.1) is 0 Å². The van der Waals surface area contributed by atoms with Crippen LogP contribution in [0, 0.1) is 0 Å². The lowest BCUT2D eigenvalue weighted by Gasteiger charge is -2.07. The lowest BCUT2D eigenvalue weighted by atomic mass is 10.2. The number of ether oxygens (including phenoxy) is 1. The van der Waals surface area contributed by atoms with Crippen LogP contribution in [0.25, 0.3) is 11.3 Å². The monoisotopic (exact) mass is 331 g/mol. The third-order valence-corrected chi connectivity index (χ3v) is 4.40. The van der Waals surface area contributed by atoms with E-state index in [2.05, 4.69) is 14.7 Å². The summed E-state index contributed by atoms with van der Waals surface area (Å²) in [7, 11) is -2.29. The Hall–Kier alpha value is -2.87. The second-order valence-corrected chi connectivity index (χ2v) is 6.24.